The van der Waals surface area contributed by atoms with Gasteiger partial charge in [0.05, 0.1) is 0 Å². The highest BCUT2D eigenvalue weighted by molar-refractivity contribution is 8.63. The van der Waals surface area contributed by atoms with Crippen LogP contribution >= 0.6 is 44.7 Å². The molecule has 0 aliphatic rings. The molecule has 0 spiro atoms. The topological polar surface area (TPSA) is 0 Å². The summed E-state index contributed by atoms with van der Waals surface area (Å²) in [6, 6.07) is 0. The molecule has 0 saturated heterocycles. The van der Waals surface area contributed by atoms with Crippen LogP contribution in [0.25, 0.3) is 0 Å². The fourth-order valence-electron chi connectivity index (χ4n) is 0. The van der Waals surface area contributed by atoms with Crippen LogP contribution in [0, 0.1) is 0 Å². The van der Waals surface area contributed by atoms with Gasteiger partial charge in [0.2, 0.25) is 0 Å². The van der Waals surface area contributed by atoms with Crippen molar-refractivity contribution in [3.63, 3.8) is 0 Å². The minimum atomic E-state index is 0.662. The Labute approximate surface area is 48.5 Å². The van der Waals surface area contributed by atoms with Crippen LogP contribution in [0.15, 0.2) is 0 Å². The normalized spacial score (nSPS) is 7.60. The van der Waals surface area contributed by atoms with Crippen molar-refractivity contribution in [2.24, 2.45) is 0 Å². The highest BCUT2D eigenvalue weighted by atomic mass is 32.7. The maximum atomic E-state index is 4.50. The van der Waals surface area contributed by atoms with Gasteiger partial charge in [-0.15, -0.1) is 12.6 Å². The van der Waals surface area contributed by atoms with E-state index in [2.05, 4.69) is 33.3 Å². The van der Waals surface area contributed by atoms with Crippen molar-refractivity contribution in [3.05, 3.63) is 0 Å². The van der Waals surface area contributed by atoms with Crippen molar-refractivity contribution >= 4 is 48.2 Å². The largest absolute Gasteiger partial charge is 0.125 e. The van der Waals surface area contributed by atoms with Gasteiger partial charge >= 0.3 is 0 Å². The van der Waals surface area contributed by atoms with E-state index < -0.39 is 0 Å². The first-order chi connectivity index (χ1) is 2.27. The van der Waals surface area contributed by atoms with Crippen molar-refractivity contribution in [1.82, 2.24) is 0 Å². The molecule has 1 atom stereocenters. The van der Waals surface area contributed by atoms with E-state index in [1.165, 1.54) is 11.4 Å². The molecule has 0 radical (unpaired) electrons. The summed E-state index contributed by atoms with van der Waals surface area (Å²) in [7, 11) is 2.39. The first kappa shape index (κ1) is 6.22. The Morgan fingerprint density at radius 3 is 2.20 bits per heavy atom. The molecule has 0 nitrogen and oxygen atoms in total. The number of thiocarbonyl (C=S) groups is 1. The first-order valence-electron chi connectivity index (χ1n) is 0.868. The predicted octanol–water partition coefficient (Wildman–Crippen LogP) is 1.72. The summed E-state index contributed by atoms with van der Waals surface area (Å²) in [5.74, 6) is 0. The van der Waals surface area contributed by atoms with Gasteiger partial charge in [-0.2, -0.15) is 0 Å². The number of thiol groups is 1. The van der Waals surface area contributed by atoms with E-state index in [4.69, 9.17) is 0 Å². The summed E-state index contributed by atoms with van der Waals surface area (Å²) in [6.07, 6.45) is 0. The third kappa shape index (κ3) is 5.22. The Bertz CT molecular complexity index is 42.2. The Hall–Kier alpha value is 1.22. The standard InChI is InChI=1S/CH3PS3/c2-5-1(3)4/h2H2,(H,3,4). The molecule has 0 rings (SSSR count). The van der Waals surface area contributed by atoms with Crippen molar-refractivity contribution in [3.8, 4) is 0 Å². The highest BCUT2D eigenvalue weighted by Crippen LogP contribution is 2.14. The van der Waals surface area contributed by atoms with Crippen LogP contribution in [0.1, 0.15) is 0 Å². The zero-order chi connectivity index (χ0) is 4.28. The maximum Gasteiger partial charge on any atom is 0.104 e. The van der Waals surface area contributed by atoms with Crippen LogP contribution in [0.4, 0.5) is 0 Å². The molecule has 0 N–H and O–H groups in total. The predicted molar refractivity (Wildman–Crippen MR) is 38.9 cm³/mol. The zero-order valence-corrected chi connectivity index (χ0v) is 6.02. The van der Waals surface area contributed by atoms with Crippen LogP contribution in [-0.2, 0) is 0 Å². The van der Waals surface area contributed by atoms with Crippen molar-refractivity contribution < 1.29 is 0 Å². The highest BCUT2D eigenvalue weighted by Gasteiger charge is 1.72. The monoisotopic (exact) mass is 142 g/mol. The summed E-state index contributed by atoms with van der Waals surface area (Å²) >= 11 is 9.67. The lowest BCUT2D eigenvalue weighted by Gasteiger charge is -1.75. The van der Waals surface area contributed by atoms with E-state index in [0.29, 0.717) is 3.53 Å². The van der Waals surface area contributed by atoms with Gasteiger partial charge in [0.25, 0.3) is 0 Å². The molecule has 30 valence electrons. The second kappa shape index (κ2) is 3.41. The van der Waals surface area contributed by atoms with Crippen LogP contribution in [0.2, 0.25) is 0 Å². The molecule has 0 aromatic heterocycles. The van der Waals surface area contributed by atoms with Crippen LogP contribution in [-0.4, -0.2) is 3.53 Å². The Balaban J connectivity index is 2.85. The van der Waals surface area contributed by atoms with E-state index in [1.807, 2.05) is 0 Å². The zero-order valence-electron chi connectivity index (χ0n) is 2.34. The Kier molecular flexibility index (Phi) is 4.24. The van der Waals surface area contributed by atoms with Crippen LogP contribution < -0.4 is 0 Å². The van der Waals surface area contributed by atoms with Gasteiger partial charge in [0, 0.05) is 0 Å². The van der Waals surface area contributed by atoms with Gasteiger partial charge in [-0.1, -0.05) is 32.0 Å². The van der Waals surface area contributed by atoms with E-state index in [1.54, 1.807) is 0 Å². The van der Waals surface area contributed by atoms with Gasteiger partial charge in [-0.05, 0) is 0 Å². The smallest absolute Gasteiger partial charge is 0.104 e. The molecule has 5 heavy (non-hydrogen) atoms. The third-order valence-corrected chi connectivity index (χ3v) is 2.72. The number of hydrogen-bond acceptors (Lipinski definition) is 2. The molecule has 0 bridgehead atoms. The van der Waals surface area contributed by atoms with Gasteiger partial charge in [-0.3, -0.25) is 0 Å². The molecule has 4 heteroatoms. The minimum Gasteiger partial charge on any atom is -0.125 e. The van der Waals surface area contributed by atoms with Gasteiger partial charge in [0.15, 0.2) is 0 Å². The number of hydrogen-bond donors (Lipinski definition) is 1. The lowest BCUT2D eigenvalue weighted by Crippen LogP contribution is -1.53. The Morgan fingerprint density at radius 2 is 2.20 bits per heavy atom. The fourth-order valence-corrected chi connectivity index (χ4v) is 0. The first-order valence-corrected chi connectivity index (χ1v) is 4.02. The van der Waals surface area contributed by atoms with Crippen molar-refractivity contribution in [2.75, 3.05) is 0 Å². The summed E-state index contributed by atoms with van der Waals surface area (Å²) in [6.45, 7) is 0. The van der Waals surface area contributed by atoms with Crippen molar-refractivity contribution in [2.45, 2.75) is 0 Å². The second-order valence-corrected chi connectivity index (χ2v) is 3.45. The third-order valence-electron chi connectivity index (χ3n) is 0.101. The molecule has 0 amide bonds. The van der Waals surface area contributed by atoms with Gasteiger partial charge < -0.3 is 0 Å². The summed E-state index contributed by atoms with van der Waals surface area (Å²) < 4.78 is 0.662. The molecule has 0 aliphatic heterocycles. The molecule has 1 unspecified atom stereocenters. The SMILES string of the molecule is PSC(=S)S. The average molecular weight is 142 g/mol. The van der Waals surface area contributed by atoms with Gasteiger partial charge in [-0.25, -0.2) is 0 Å². The molecule has 0 aromatic carbocycles. The molecule has 0 aromatic rings. The molecule has 0 aliphatic carbocycles. The van der Waals surface area contributed by atoms with Crippen LogP contribution in [0.5, 0.6) is 0 Å². The summed E-state index contributed by atoms with van der Waals surface area (Å²) in [4.78, 5) is 0. The summed E-state index contributed by atoms with van der Waals surface area (Å²) in [5, 5.41) is 0. The lowest BCUT2D eigenvalue weighted by atomic mass is 11.9. The molecular weight excluding hydrogens is 139 g/mol. The molecule has 0 heterocycles. The van der Waals surface area contributed by atoms with E-state index in [-0.39, 0.29) is 0 Å². The van der Waals surface area contributed by atoms with Crippen molar-refractivity contribution in [1.29, 1.82) is 0 Å². The number of rotatable bonds is 0. The van der Waals surface area contributed by atoms with E-state index >= 15 is 0 Å². The minimum absolute atomic E-state index is 0.662. The lowest BCUT2D eigenvalue weighted by molar-refractivity contribution is 4.23. The molecule has 0 saturated carbocycles. The fraction of sp³-hybridized carbons (Fsp3) is 0. The molecule has 0 fully saturated rings. The second-order valence-electron chi connectivity index (χ2n) is 0.384. The van der Waals surface area contributed by atoms with Crippen LogP contribution in [0.3, 0.4) is 0 Å². The Morgan fingerprint density at radius 1 is 2.00 bits per heavy atom. The molecular formula is CH3PS3. The van der Waals surface area contributed by atoms with E-state index in [0.717, 1.165) is 0 Å². The average Bonchev–Trinajstić information content (AvgIpc) is 1.38. The summed E-state index contributed by atoms with van der Waals surface area (Å²) in [5.41, 5.74) is 0. The maximum absolute atomic E-state index is 4.50. The van der Waals surface area contributed by atoms with E-state index in [9.17, 15) is 0 Å². The van der Waals surface area contributed by atoms with Gasteiger partial charge in [0.1, 0.15) is 3.53 Å². The quantitative estimate of drug-likeness (QED) is 0.311.